The van der Waals surface area contributed by atoms with Crippen LogP contribution in [0.25, 0.3) is 0 Å². The molecule has 2 amide bonds. The Hall–Kier alpha value is -2.63. The molecule has 0 aliphatic heterocycles. The maximum absolute atomic E-state index is 13.3. The van der Waals surface area contributed by atoms with E-state index in [0.29, 0.717) is 21.2 Å². The highest BCUT2D eigenvalue weighted by molar-refractivity contribution is 7.17. The molecule has 154 valence electrons. The summed E-state index contributed by atoms with van der Waals surface area (Å²) in [5.74, 6) is -0.422. The van der Waals surface area contributed by atoms with E-state index in [4.69, 9.17) is 11.6 Å². The SMILES string of the molecule is Cc1ccc(NC(=O)c2c(NC(=O)c3ccc(Cl)cc3)sc3c2CCCC3)cc1C. The molecule has 1 aliphatic carbocycles. The maximum atomic E-state index is 13.3. The van der Waals surface area contributed by atoms with E-state index < -0.39 is 0 Å². The van der Waals surface area contributed by atoms with E-state index in [9.17, 15) is 9.59 Å². The molecule has 1 heterocycles. The van der Waals surface area contributed by atoms with Gasteiger partial charge in [-0.15, -0.1) is 11.3 Å². The summed E-state index contributed by atoms with van der Waals surface area (Å²) in [7, 11) is 0. The van der Waals surface area contributed by atoms with E-state index in [1.165, 1.54) is 21.8 Å². The standard InChI is InChI=1S/C24H23ClN2O2S/c1-14-7-12-18(13-15(14)2)26-23(29)21-19-5-3-4-6-20(19)30-24(21)27-22(28)16-8-10-17(25)11-9-16/h7-13H,3-6H2,1-2H3,(H,26,29)(H,27,28). The van der Waals surface area contributed by atoms with E-state index >= 15 is 0 Å². The highest BCUT2D eigenvalue weighted by Gasteiger charge is 2.26. The van der Waals surface area contributed by atoms with Crippen LogP contribution in [0.4, 0.5) is 10.7 Å². The lowest BCUT2D eigenvalue weighted by Crippen LogP contribution is -2.18. The van der Waals surface area contributed by atoms with E-state index in [1.807, 2.05) is 32.0 Å². The van der Waals surface area contributed by atoms with Gasteiger partial charge in [0.2, 0.25) is 0 Å². The zero-order chi connectivity index (χ0) is 21.3. The average Bonchev–Trinajstić information content (AvgIpc) is 3.09. The molecule has 0 spiro atoms. The number of carbonyl (C=O) groups excluding carboxylic acids is 2. The minimum Gasteiger partial charge on any atom is -0.322 e. The monoisotopic (exact) mass is 438 g/mol. The second-order valence-electron chi connectivity index (χ2n) is 7.63. The number of anilines is 2. The maximum Gasteiger partial charge on any atom is 0.258 e. The summed E-state index contributed by atoms with van der Waals surface area (Å²) in [6.07, 6.45) is 3.97. The van der Waals surface area contributed by atoms with Crippen LogP contribution >= 0.6 is 22.9 Å². The van der Waals surface area contributed by atoms with Crippen molar-refractivity contribution in [3.8, 4) is 0 Å². The Labute approximate surface area is 185 Å². The number of nitrogens with one attached hydrogen (secondary N) is 2. The van der Waals surface area contributed by atoms with Gasteiger partial charge in [0.15, 0.2) is 0 Å². The van der Waals surface area contributed by atoms with Crippen LogP contribution in [-0.2, 0) is 12.8 Å². The summed E-state index contributed by atoms with van der Waals surface area (Å²) in [6.45, 7) is 4.07. The lowest BCUT2D eigenvalue weighted by Gasteiger charge is -2.14. The first-order chi connectivity index (χ1) is 14.4. The van der Waals surface area contributed by atoms with Gasteiger partial charge in [-0.3, -0.25) is 9.59 Å². The van der Waals surface area contributed by atoms with Gasteiger partial charge in [-0.25, -0.2) is 0 Å². The highest BCUT2D eigenvalue weighted by Crippen LogP contribution is 2.39. The fraction of sp³-hybridized carbons (Fsp3) is 0.250. The van der Waals surface area contributed by atoms with Gasteiger partial charge in [0.1, 0.15) is 5.00 Å². The molecule has 2 aromatic carbocycles. The fourth-order valence-corrected chi connectivity index (χ4v) is 5.09. The molecular formula is C24H23ClN2O2S. The van der Waals surface area contributed by atoms with Crippen molar-refractivity contribution in [1.82, 2.24) is 0 Å². The first-order valence-corrected chi connectivity index (χ1v) is 11.2. The molecule has 1 aliphatic rings. The van der Waals surface area contributed by atoms with E-state index in [-0.39, 0.29) is 11.8 Å². The smallest absolute Gasteiger partial charge is 0.258 e. The van der Waals surface area contributed by atoms with Gasteiger partial charge in [0, 0.05) is 21.2 Å². The molecule has 1 aromatic heterocycles. The van der Waals surface area contributed by atoms with Gasteiger partial charge in [-0.05, 0) is 92.6 Å². The van der Waals surface area contributed by atoms with Crippen molar-refractivity contribution >= 4 is 45.4 Å². The molecule has 0 unspecified atom stereocenters. The topological polar surface area (TPSA) is 58.2 Å². The number of fused-ring (bicyclic) bond motifs is 1. The average molecular weight is 439 g/mol. The number of rotatable bonds is 4. The van der Waals surface area contributed by atoms with E-state index in [0.717, 1.165) is 42.5 Å². The van der Waals surface area contributed by atoms with Crippen LogP contribution in [0.15, 0.2) is 42.5 Å². The van der Waals surface area contributed by atoms with Crippen LogP contribution in [0.1, 0.15) is 55.1 Å². The van der Waals surface area contributed by atoms with E-state index in [2.05, 4.69) is 10.6 Å². The zero-order valence-corrected chi connectivity index (χ0v) is 18.5. The Kier molecular flexibility index (Phi) is 5.93. The number of hydrogen-bond donors (Lipinski definition) is 2. The number of carbonyl (C=O) groups is 2. The number of halogens is 1. The molecule has 4 nitrogen and oxygen atoms in total. The van der Waals surface area contributed by atoms with Gasteiger partial charge in [0.05, 0.1) is 5.56 Å². The van der Waals surface area contributed by atoms with Gasteiger partial charge in [0.25, 0.3) is 11.8 Å². The van der Waals surface area contributed by atoms with Crippen molar-refractivity contribution in [2.45, 2.75) is 39.5 Å². The zero-order valence-electron chi connectivity index (χ0n) is 17.0. The predicted molar refractivity (Wildman–Crippen MR) is 124 cm³/mol. The molecule has 30 heavy (non-hydrogen) atoms. The Balaban J connectivity index is 1.64. The molecule has 0 saturated carbocycles. The molecule has 0 radical (unpaired) electrons. The molecule has 0 saturated heterocycles. The van der Waals surface area contributed by atoms with Crippen LogP contribution in [0, 0.1) is 13.8 Å². The molecule has 6 heteroatoms. The third-order valence-electron chi connectivity index (χ3n) is 5.50. The Morgan fingerprint density at radius 1 is 0.900 bits per heavy atom. The number of benzene rings is 2. The number of aryl methyl sites for hydroxylation is 3. The van der Waals surface area contributed by atoms with Gasteiger partial charge in [-0.1, -0.05) is 17.7 Å². The van der Waals surface area contributed by atoms with Crippen LogP contribution in [0.5, 0.6) is 0 Å². The fourth-order valence-electron chi connectivity index (χ4n) is 3.68. The molecule has 0 bridgehead atoms. The molecular weight excluding hydrogens is 416 g/mol. The van der Waals surface area contributed by atoms with Crippen molar-refractivity contribution in [2.24, 2.45) is 0 Å². The second-order valence-corrected chi connectivity index (χ2v) is 9.17. The van der Waals surface area contributed by atoms with E-state index in [1.54, 1.807) is 24.3 Å². The largest absolute Gasteiger partial charge is 0.322 e. The predicted octanol–water partition coefficient (Wildman–Crippen LogP) is 6.40. The summed E-state index contributed by atoms with van der Waals surface area (Å²) in [5.41, 5.74) is 5.22. The lowest BCUT2D eigenvalue weighted by molar-refractivity contribution is 0.102. The number of amides is 2. The van der Waals surface area contributed by atoms with Crippen LogP contribution in [-0.4, -0.2) is 11.8 Å². The first-order valence-electron chi connectivity index (χ1n) is 10.0. The van der Waals surface area contributed by atoms with Gasteiger partial charge >= 0.3 is 0 Å². The van der Waals surface area contributed by atoms with Crippen molar-refractivity contribution in [1.29, 1.82) is 0 Å². The quantitative estimate of drug-likeness (QED) is 0.495. The Morgan fingerprint density at radius 3 is 2.37 bits per heavy atom. The first kappa shape index (κ1) is 20.6. The van der Waals surface area contributed by atoms with Gasteiger partial charge in [-0.2, -0.15) is 0 Å². The normalized spacial score (nSPS) is 12.9. The molecule has 0 fully saturated rings. The van der Waals surface area contributed by atoms with Crippen molar-refractivity contribution in [3.05, 3.63) is 80.2 Å². The summed E-state index contributed by atoms with van der Waals surface area (Å²) in [4.78, 5) is 27.2. The van der Waals surface area contributed by atoms with Crippen molar-refractivity contribution in [3.63, 3.8) is 0 Å². The highest BCUT2D eigenvalue weighted by atomic mass is 35.5. The lowest BCUT2D eigenvalue weighted by atomic mass is 9.95. The summed E-state index contributed by atoms with van der Waals surface area (Å²) in [6, 6.07) is 12.6. The molecule has 0 atom stereocenters. The van der Waals surface area contributed by atoms with Gasteiger partial charge < -0.3 is 10.6 Å². The molecule has 2 N–H and O–H groups in total. The summed E-state index contributed by atoms with van der Waals surface area (Å²) in [5, 5.41) is 7.18. The van der Waals surface area contributed by atoms with Crippen LogP contribution < -0.4 is 10.6 Å². The van der Waals surface area contributed by atoms with Crippen LogP contribution in [0.2, 0.25) is 5.02 Å². The third kappa shape index (κ3) is 4.27. The Bertz CT molecular complexity index is 1120. The van der Waals surface area contributed by atoms with Crippen molar-refractivity contribution < 1.29 is 9.59 Å². The Morgan fingerprint density at radius 2 is 1.63 bits per heavy atom. The summed E-state index contributed by atoms with van der Waals surface area (Å²) >= 11 is 7.44. The molecule has 3 aromatic rings. The van der Waals surface area contributed by atoms with Crippen LogP contribution in [0.3, 0.4) is 0 Å². The summed E-state index contributed by atoms with van der Waals surface area (Å²) < 4.78 is 0. The number of hydrogen-bond acceptors (Lipinski definition) is 3. The third-order valence-corrected chi connectivity index (χ3v) is 6.96. The molecule has 4 rings (SSSR count). The van der Waals surface area contributed by atoms with Crippen molar-refractivity contribution in [2.75, 3.05) is 10.6 Å². The minimum absolute atomic E-state index is 0.177. The number of thiophene rings is 1. The second kappa shape index (κ2) is 8.62. The minimum atomic E-state index is -0.245.